The third-order valence-corrected chi connectivity index (χ3v) is 3.05. The van der Waals surface area contributed by atoms with Crippen molar-refractivity contribution in [1.82, 2.24) is 0 Å². The van der Waals surface area contributed by atoms with E-state index in [4.69, 9.17) is 0 Å². The number of hydrogen-bond acceptors (Lipinski definition) is 2. The van der Waals surface area contributed by atoms with Gasteiger partial charge in [-0.1, -0.05) is 23.8 Å². The molecule has 19 heavy (non-hydrogen) atoms. The fraction of sp³-hybridized carbons (Fsp3) is 0.250. The summed E-state index contributed by atoms with van der Waals surface area (Å²) in [6, 6.07) is 13.2. The van der Waals surface area contributed by atoms with Crippen LogP contribution >= 0.6 is 0 Å². The molecular formula is C16H19FN2. The molecule has 0 heterocycles. The maximum absolute atomic E-state index is 13.6. The smallest absolute Gasteiger partial charge is 0.128 e. The third-order valence-electron chi connectivity index (χ3n) is 3.05. The molecule has 0 aromatic heterocycles. The van der Waals surface area contributed by atoms with Crippen molar-refractivity contribution in [3.05, 3.63) is 59.4 Å². The second-order valence-electron chi connectivity index (χ2n) is 4.89. The van der Waals surface area contributed by atoms with Crippen LogP contribution < -0.4 is 10.2 Å². The third kappa shape index (κ3) is 3.47. The fourth-order valence-electron chi connectivity index (χ4n) is 1.93. The molecule has 0 fully saturated rings. The van der Waals surface area contributed by atoms with Crippen molar-refractivity contribution >= 4 is 11.4 Å². The standard InChI is InChI=1S/C16H19FN2/c1-12-7-8-16(17)13(9-12)11-18-14-5-4-6-15(10-14)19(2)3/h4-10,18H,11H2,1-3H3. The minimum atomic E-state index is -0.165. The quantitative estimate of drug-likeness (QED) is 0.897. The van der Waals surface area contributed by atoms with Crippen molar-refractivity contribution in [2.75, 3.05) is 24.3 Å². The second kappa shape index (κ2) is 5.74. The van der Waals surface area contributed by atoms with E-state index in [1.54, 1.807) is 6.07 Å². The van der Waals surface area contributed by atoms with Crippen molar-refractivity contribution in [2.45, 2.75) is 13.5 Å². The lowest BCUT2D eigenvalue weighted by atomic mass is 10.1. The molecule has 3 heteroatoms. The van der Waals surface area contributed by atoms with Gasteiger partial charge in [0.25, 0.3) is 0 Å². The van der Waals surface area contributed by atoms with Gasteiger partial charge in [0.05, 0.1) is 0 Å². The van der Waals surface area contributed by atoms with Gasteiger partial charge in [-0.15, -0.1) is 0 Å². The lowest BCUT2D eigenvalue weighted by molar-refractivity contribution is 0.612. The van der Waals surface area contributed by atoms with E-state index in [1.165, 1.54) is 6.07 Å². The van der Waals surface area contributed by atoms with Gasteiger partial charge in [0.1, 0.15) is 5.82 Å². The Hall–Kier alpha value is -2.03. The van der Waals surface area contributed by atoms with Crippen LogP contribution in [0.5, 0.6) is 0 Å². The molecule has 0 radical (unpaired) electrons. The molecule has 0 unspecified atom stereocenters. The van der Waals surface area contributed by atoms with Crippen LogP contribution in [0, 0.1) is 12.7 Å². The molecule has 2 nitrogen and oxygen atoms in total. The number of benzene rings is 2. The lowest BCUT2D eigenvalue weighted by Gasteiger charge is -2.14. The minimum absolute atomic E-state index is 0.165. The molecule has 0 saturated heterocycles. The highest BCUT2D eigenvalue weighted by Crippen LogP contribution is 2.19. The maximum Gasteiger partial charge on any atom is 0.128 e. The molecule has 2 aromatic carbocycles. The summed E-state index contributed by atoms with van der Waals surface area (Å²) in [4.78, 5) is 2.04. The van der Waals surface area contributed by atoms with E-state index >= 15 is 0 Å². The number of hydrogen-bond donors (Lipinski definition) is 1. The first kappa shape index (κ1) is 13.4. The Labute approximate surface area is 113 Å². The number of aryl methyl sites for hydroxylation is 1. The zero-order valence-electron chi connectivity index (χ0n) is 11.6. The zero-order chi connectivity index (χ0) is 13.8. The topological polar surface area (TPSA) is 15.3 Å². The largest absolute Gasteiger partial charge is 0.381 e. The van der Waals surface area contributed by atoms with Gasteiger partial charge in [0, 0.05) is 37.6 Å². The van der Waals surface area contributed by atoms with Crippen molar-refractivity contribution in [3.63, 3.8) is 0 Å². The Kier molecular flexibility index (Phi) is 4.05. The van der Waals surface area contributed by atoms with E-state index in [2.05, 4.69) is 5.32 Å². The van der Waals surface area contributed by atoms with E-state index in [0.29, 0.717) is 12.1 Å². The van der Waals surface area contributed by atoms with Gasteiger partial charge < -0.3 is 10.2 Å². The molecule has 0 atom stereocenters. The minimum Gasteiger partial charge on any atom is -0.381 e. The van der Waals surface area contributed by atoms with Crippen molar-refractivity contribution in [1.29, 1.82) is 0 Å². The normalized spacial score (nSPS) is 10.3. The van der Waals surface area contributed by atoms with Gasteiger partial charge in [0.2, 0.25) is 0 Å². The highest BCUT2D eigenvalue weighted by Gasteiger charge is 2.03. The summed E-state index contributed by atoms with van der Waals surface area (Å²) >= 11 is 0. The Bertz CT molecular complexity index is 564. The monoisotopic (exact) mass is 258 g/mol. The summed E-state index contributed by atoms with van der Waals surface area (Å²) in [5, 5.41) is 3.26. The molecule has 0 amide bonds. The van der Waals surface area contributed by atoms with E-state index in [-0.39, 0.29) is 5.82 Å². The Balaban J connectivity index is 2.10. The molecule has 0 aliphatic heterocycles. The molecule has 0 aliphatic carbocycles. The molecule has 100 valence electrons. The van der Waals surface area contributed by atoms with E-state index in [9.17, 15) is 4.39 Å². The Morgan fingerprint density at radius 1 is 1.11 bits per heavy atom. The van der Waals surface area contributed by atoms with E-state index in [1.807, 2.05) is 56.3 Å². The summed E-state index contributed by atoms with van der Waals surface area (Å²) in [5.74, 6) is -0.165. The van der Waals surface area contributed by atoms with Crippen LogP contribution in [0.2, 0.25) is 0 Å². The summed E-state index contributed by atoms with van der Waals surface area (Å²) < 4.78 is 13.6. The predicted octanol–water partition coefficient (Wildman–Crippen LogP) is 3.81. The number of nitrogens with one attached hydrogen (secondary N) is 1. The average Bonchev–Trinajstić information content (AvgIpc) is 2.40. The van der Waals surface area contributed by atoms with E-state index in [0.717, 1.165) is 16.9 Å². The van der Waals surface area contributed by atoms with Crippen LogP contribution in [0.4, 0.5) is 15.8 Å². The number of anilines is 2. The molecule has 0 saturated carbocycles. The van der Waals surface area contributed by atoms with Crippen LogP contribution in [0.25, 0.3) is 0 Å². The van der Waals surface area contributed by atoms with Crippen LogP contribution in [0.1, 0.15) is 11.1 Å². The second-order valence-corrected chi connectivity index (χ2v) is 4.89. The van der Waals surface area contributed by atoms with Crippen molar-refractivity contribution < 1.29 is 4.39 Å². The summed E-state index contributed by atoms with van der Waals surface area (Å²) in [5.41, 5.74) is 3.87. The van der Waals surface area contributed by atoms with Gasteiger partial charge in [-0.2, -0.15) is 0 Å². The molecule has 0 bridgehead atoms. The van der Waals surface area contributed by atoms with Gasteiger partial charge >= 0.3 is 0 Å². The number of halogens is 1. The summed E-state index contributed by atoms with van der Waals surface area (Å²) in [6.45, 7) is 2.46. The van der Waals surface area contributed by atoms with Gasteiger partial charge in [-0.25, -0.2) is 4.39 Å². The maximum atomic E-state index is 13.6. The number of rotatable bonds is 4. The highest BCUT2D eigenvalue weighted by atomic mass is 19.1. The van der Waals surface area contributed by atoms with Crippen LogP contribution in [-0.2, 0) is 6.54 Å². The average molecular weight is 258 g/mol. The molecule has 1 N–H and O–H groups in total. The molecule has 2 rings (SSSR count). The predicted molar refractivity (Wildman–Crippen MR) is 79.2 cm³/mol. The van der Waals surface area contributed by atoms with Crippen LogP contribution in [0.15, 0.2) is 42.5 Å². The van der Waals surface area contributed by atoms with Crippen molar-refractivity contribution in [3.8, 4) is 0 Å². The SMILES string of the molecule is Cc1ccc(F)c(CNc2cccc(N(C)C)c2)c1. The molecular weight excluding hydrogens is 239 g/mol. The van der Waals surface area contributed by atoms with Crippen molar-refractivity contribution in [2.24, 2.45) is 0 Å². The van der Waals surface area contributed by atoms with Gasteiger partial charge in [-0.3, -0.25) is 0 Å². The lowest BCUT2D eigenvalue weighted by Crippen LogP contribution is -2.09. The van der Waals surface area contributed by atoms with Crippen LogP contribution in [0.3, 0.4) is 0 Å². The first-order chi connectivity index (χ1) is 9.06. The van der Waals surface area contributed by atoms with Crippen LogP contribution in [-0.4, -0.2) is 14.1 Å². The number of nitrogens with zero attached hydrogens (tertiary/aromatic N) is 1. The zero-order valence-corrected chi connectivity index (χ0v) is 11.6. The first-order valence-electron chi connectivity index (χ1n) is 6.32. The Morgan fingerprint density at radius 3 is 2.63 bits per heavy atom. The summed E-state index contributed by atoms with van der Waals surface area (Å²) in [6.07, 6.45) is 0. The van der Waals surface area contributed by atoms with Gasteiger partial charge in [-0.05, 0) is 31.2 Å². The Morgan fingerprint density at radius 2 is 1.89 bits per heavy atom. The fourth-order valence-corrected chi connectivity index (χ4v) is 1.93. The highest BCUT2D eigenvalue weighted by molar-refractivity contribution is 5.57. The molecule has 0 aliphatic rings. The van der Waals surface area contributed by atoms with Gasteiger partial charge in [0.15, 0.2) is 0 Å². The molecule has 2 aromatic rings. The van der Waals surface area contributed by atoms with E-state index < -0.39 is 0 Å². The summed E-state index contributed by atoms with van der Waals surface area (Å²) in [7, 11) is 4.00. The molecule has 0 spiro atoms. The first-order valence-corrected chi connectivity index (χ1v) is 6.32.